The van der Waals surface area contributed by atoms with Crippen molar-refractivity contribution in [2.75, 3.05) is 20.8 Å². The Morgan fingerprint density at radius 2 is 1.70 bits per heavy atom. The third-order valence-electron chi connectivity index (χ3n) is 3.62. The molecule has 0 heterocycles. The molecule has 0 saturated heterocycles. The Hall–Kier alpha value is -3.28. The normalized spacial score (nSPS) is 10.5. The van der Waals surface area contributed by atoms with Gasteiger partial charge in [-0.1, -0.05) is 30.4 Å². The maximum Gasteiger partial charge on any atom is 0.349 e. The molecule has 6 heteroatoms. The zero-order chi connectivity index (χ0) is 19.6. The summed E-state index contributed by atoms with van der Waals surface area (Å²) >= 11 is 0. The third-order valence-corrected chi connectivity index (χ3v) is 3.62. The molecule has 27 heavy (non-hydrogen) atoms. The van der Waals surface area contributed by atoms with E-state index in [9.17, 15) is 9.59 Å². The number of esters is 2. The van der Waals surface area contributed by atoms with Gasteiger partial charge in [-0.3, -0.25) is 4.79 Å². The topological polar surface area (TPSA) is 71.1 Å². The monoisotopic (exact) mass is 370 g/mol. The van der Waals surface area contributed by atoms with Crippen LogP contribution in [0.15, 0.2) is 48.5 Å². The molecule has 0 atom stereocenters. The first-order valence-corrected chi connectivity index (χ1v) is 8.35. The van der Waals surface area contributed by atoms with E-state index in [0.29, 0.717) is 17.2 Å². The van der Waals surface area contributed by atoms with Gasteiger partial charge in [0.1, 0.15) is 5.75 Å². The summed E-state index contributed by atoms with van der Waals surface area (Å²) in [6, 6.07) is 12.0. The summed E-state index contributed by atoms with van der Waals surface area (Å²) in [6.07, 6.45) is 4.02. The van der Waals surface area contributed by atoms with E-state index in [1.54, 1.807) is 30.3 Å². The number of carbonyl (C=O) groups is 2. The molecule has 0 saturated carbocycles. The molecule has 142 valence electrons. The van der Waals surface area contributed by atoms with E-state index in [1.807, 2.05) is 31.2 Å². The van der Waals surface area contributed by atoms with Crippen LogP contribution in [0.3, 0.4) is 0 Å². The van der Waals surface area contributed by atoms with Crippen LogP contribution in [0.4, 0.5) is 0 Å². The van der Waals surface area contributed by atoms with Gasteiger partial charge in [0.05, 0.1) is 20.6 Å². The Morgan fingerprint density at radius 3 is 2.33 bits per heavy atom. The number of ether oxygens (including phenoxy) is 4. The first-order valence-electron chi connectivity index (χ1n) is 8.35. The van der Waals surface area contributed by atoms with Gasteiger partial charge >= 0.3 is 11.9 Å². The minimum Gasteiger partial charge on any atom is -0.493 e. The van der Waals surface area contributed by atoms with Crippen molar-refractivity contribution in [3.8, 4) is 17.2 Å². The average molecular weight is 370 g/mol. The summed E-state index contributed by atoms with van der Waals surface area (Å²) in [5.74, 6) is 0.479. The Bertz CT molecular complexity index is 808. The van der Waals surface area contributed by atoms with Crippen molar-refractivity contribution in [3.63, 3.8) is 0 Å². The number of carbonyl (C=O) groups excluding carboxylic acids is 2. The molecule has 0 bridgehead atoms. The summed E-state index contributed by atoms with van der Waals surface area (Å²) in [6.45, 7) is 1.66. The fraction of sp³-hybridized carbons (Fsp3) is 0.238. The maximum atomic E-state index is 12.0. The predicted octanol–water partition coefficient (Wildman–Crippen LogP) is 3.43. The van der Waals surface area contributed by atoms with Gasteiger partial charge in [0.25, 0.3) is 0 Å². The van der Waals surface area contributed by atoms with Crippen molar-refractivity contribution < 1.29 is 28.5 Å². The lowest BCUT2D eigenvalue weighted by atomic mass is 10.1. The van der Waals surface area contributed by atoms with Gasteiger partial charge in [-0.25, -0.2) is 4.79 Å². The van der Waals surface area contributed by atoms with Gasteiger partial charge in [0, 0.05) is 0 Å². The summed E-state index contributed by atoms with van der Waals surface area (Å²) < 4.78 is 20.6. The van der Waals surface area contributed by atoms with Gasteiger partial charge in [0.2, 0.25) is 0 Å². The Labute approximate surface area is 158 Å². The number of methoxy groups -OCH3 is 2. The van der Waals surface area contributed by atoms with Crippen molar-refractivity contribution in [1.82, 2.24) is 0 Å². The quantitative estimate of drug-likeness (QED) is 0.524. The lowest BCUT2D eigenvalue weighted by Crippen LogP contribution is -2.18. The van der Waals surface area contributed by atoms with E-state index in [2.05, 4.69) is 4.74 Å². The van der Waals surface area contributed by atoms with Crippen LogP contribution in [-0.4, -0.2) is 32.8 Å². The molecule has 0 radical (unpaired) electrons. The molecule has 0 aliphatic rings. The first-order chi connectivity index (χ1) is 13.0. The van der Waals surface area contributed by atoms with Crippen LogP contribution >= 0.6 is 0 Å². The number of hydrogen-bond donors (Lipinski definition) is 0. The highest BCUT2D eigenvalue weighted by Gasteiger charge is 2.10. The summed E-state index contributed by atoms with van der Waals surface area (Å²) in [4.78, 5) is 23.2. The molecule has 2 rings (SSSR count). The van der Waals surface area contributed by atoms with Crippen LogP contribution in [0.2, 0.25) is 0 Å². The lowest BCUT2D eigenvalue weighted by molar-refractivity contribution is -0.140. The SMILES string of the molecule is C/C=C/c1ccc(OCC(=O)Oc2ccc(CC(=O)OC)cc2)c(OC)c1. The number of rotatable bonds is 8. The van der Waals surface area contributed by atoms with Crippen LogP contribution in [0, 0.1) is 0 Å². The van der Waals surface area contributed by atoms with E-state index < -0.39 is 5.97 Å². The van der Waals surface area contributed by atoms with E-state index in [1.165, 1.54) is 14.2 Å². The van der Waals surface area contributed by atoms with E-state index in [0.717, 1.165) is 11.1 Å². The van der Waals surface area contributed by atoms with Crippen molar-refractivity contribution in [2.45, 2.75) is 13.3 Å². The first kappa shape index (κ1) is 20.0. The van der Waals surface area contributed by atoms with Crippen molar-refractivity contribution in [2.24, 2.45) is 0 Å². The smallest absolute Gasteiger partial charge is 0.349 e. The van der Waals surface area contributed by atoms with Crippen LogP contribution in [0.1, 0.15) is 18.1 Å². The lowest BCUT2D eigenvalue weighted by Gasteiger charge is -2.11. The van der Waals surface area contributed by atoms with Gasteiger partial charge in [-0.05, 0) is 42.3 Å². The molecular weight excluding hydrogens is 348 g/mol. The second kappa shape index (κ2) is 10.0. The van der Waals surface area contributed by atoms with Crippen LogP contribution in [0.5, 0.6) is 17.2 Å². The van der Waals surface area contributed by atoms with Crippen molar-refractivity contribution >= 4 is 18.0 Å². The minimum absolute atomic E-state index is 0.164. The highest BCUT2D eigenvalue weighted by molar-refractivity contribution is 5.74. The molecular formula is C21H22O6. The molecule has 0 unspecified atom stereocenters. The van der Waals surface area contributed by atoms with E-state index in [4.69, 9.17) is 14.2 Å². The van der Waals surface area contributed by atoms with Crippen molar-refractivity contribution in [1.29, 1.82) is 0 Å². The summed E-state index contributed by atoms with van der Waals surface area (Å²) in [5.41, 5.74) is 1.74. The second-order valence-electron chi connectivity index (χ2n) is 5.57. The maximum absolute atomic E-state index is 12.0. The molecule has 2 aromatic carbocycles. The van der Waals surface area contributed by atoms with E-state index in [-0.39, 0.29) is 19.0 Å². The molecule has 0 aliphatic heterocycles. The number of benzene rings is 2. The third kappa shape index (κ3) is 6.18. The van der Waals surface area contributed by atoms with Gasteiger partial charge in [0.15, 0.2) is 18.1 Å². The molecule has 6 nitrogen and oxygen atoms in total. The fourth-order valence-electron chi connectivity index (χ4n) is 2.31. The molecule has 0 fully saturated rings. The molecule has 2 aromatic rings. The van der Waals surface area contributed by atoms with Crippen molar-refractivity contribution in [3.05, 3.63) is 59.7 Å². The highest BCUT2D eigenvalue weighted by atomic mass is 16.6. The summed E-state index contributed by atoms with van der Waals surface area (Å²) in [7, 11) is 2.87. The van der Waals surface area contributed by atoms with Crippen LogP contribution in [0.25, 0.3) is 6.08 Å². The molecule has 0 aliphatic carbocycles. The standard InChI is InChI=1S/C21H22O6/c1-4-5-15-8-11-18(19(12-15)24-2)26-14-21(23)27-17-9-6-16(7-10-17)13-20(22)25-3/h4-12H,13-14H2,1-3H3/b5-4+. The molecule has 0 aromatic heterocycles. The van der Waals surface area contributed by atoms with Crippen LogP contribution in [-0.2, 0) is 20.7 Å². The number of allylic oxidation sites excluding steroid dienone is 1. The predicted molar refractivity (Wildman–Crippen MR) is 101 cm³/mol. The van der Waals surface area contributed by atoms with Crippen LogP contribution < -0.4 is 14.2 Å². The molecule has 0 N–H and O–H groups in total. The zero-order valence-corrected chi connectivity index (χ0v) is 15.6. The Morgan fingerprint density at radius 1 is 0.963 bits per heavy atom. The molecule has 0 spiro atoms. The van der Waals surface area contributed by atoms with Gasteiger partial charge in [-0.2, -0.15) is 0 Å². The Kier molecular flexibility index (Phi) is 7.43. The summed E-state index contributed by atoms with van der Waals surface area (Å²) in [5, 5.41) is 0. The average Bonchev–Trinajstić information content (AvgIpc) is 2.68. The fourth-order valence-corrected chi connectivity index (χ4v) is 2.31. The van der Waals surface area contributed by atoms with Gasteiger partial charge in [-0.15, -0.1) is 0 Å². The highest BCUT2D eigenvalue weighted by Crippen LogP contribution is 2.28. The largest absolute Gasteiger partial charge is 0.493 e. The zero-order valence-electron chi connectivity index (χ0n) is 15.6. The second-order valence-corrected chi connectivity index (χ2v) is 5.57. The minimum atomic E-state index is -0.546. The molecule has 0 amide bonds. The number of hydrogen-bond acceptors (Lipinski definition) is 6. The van der Waals surface area contributed by atoms with Gasteiger partial charge < -0.3 is 18.9 Å². The Balaban J connectivity index is 1.91. The van der Waals surface area contributed by atoms with E-state index >= 15 is 0 Å².